The monoisotopic (exact) mass is 159 g/mol. The molecule has 1 aliphatic heterocycles. The van der Waals surface area contributed by atoms with E-state index in [9.17, 15) is 4.39 Å². The van der Waals surface area contributed by atoms with Crippen molar-refractivity contribution in [1.82, 2.24) is 5.32 Å². The first-order valence-electron chi connectivity index (χ1n) is 4.21. The summed E-state index contributed by atoms with van der Waals surface area (Å²) < 4.78 is 13.7. The van der Waals surface area contributed by atoms with Crippen LogP contribution in [-0.2, 0) is 0 Å². The Morgan fingerprint density at radius 1 is 1.09 bits per heavy atom. The molecule has 0 radical (unpaired) electrons. The summed E-state index contributed by atoms with van der Waals surface area (Å²) >= 11 is 0. The van der Waals surface area contributed by atoms with Crippen LogP contribution in [0, 0.1) is 10.8 Å². The zero-order valence-corrected chi connectivity index (χ0v) is 7.87. The van der Waals surface area contributed by atoms with Crippen molar-refractivity contribution in [3.63, 3.8) is 0 Å². The molecule has 1 N–H and O–H groups in total. The molecule has 66 valence electrons. The number of piperidine rings is 1. The van der Waals surface area contributed by atoms with Gasteiger partial charge >= 0.3 is 0 Å². The van der Waals surface area contributed by atoms with Crippen LogP contribution in [0.25, 0.3) is 0 Å². The molecule has 0 aromatic heterocycles. The van der Waals surface area contributed by atoms with Gasteiger partial charge in [-0.3, -0.25) is 0 Å². The molecule has 1 saturated heterocycles. The number of rotatable bonds is 0. The molecule has 2 heteroatoms. The largest absolute Gasteiger partial charge is 0.315 e. The lowest BCUT2D eigenvalue weighted by Crippen LogP contribution is -2.54. The fraction of sp³-hybridized carbons (Fsp3) is 1.00. The fourth-order valence-corrected chi connectivity index (χ4v) is 1.94. The number of hydrogen-bond donors (Lipinski definition) is 1. The quantitative estimate of drug-likeness (QED) is 0.570. The third-order valence-corrected chi connectivity index (χ3v) is 2.53. The van der Waals surface area contributed by atoms with Gasteiger partial charge < -0.3 is 5.32 Å². The molecule has 0 unspecified atom stereocenters. The molecular formula is C9H18FN. The molecule has 1 rings (SSSR count). The van der Waals surface area contributed by atoms with Crippen molar-refractivity contribution in [3.8, 4) is 0 Å². The van der Waals surface area contributed by atoms with Gasteiger partial charge in [-0.1, -0.05) is 27.7 Å². The molecule has 0 amide bonds. The number of hydrogen-bond acceptors (Lipinski definition) is 1. The van der Waals surface area contributed by atoms with Crippen LogP contribution in [0.2, 0.25) is 0 Å². The highest BCUT2D eigenvalue weighted by Crippen LogP contribution is 2.38. The predicted molar refractivity (Wildman–Crippen MR) is 45.3 cm³/mol. The average Bonchev–Trinajstić information content (AvgIpc) is 1.82. The maximum Gasteiger partial charge on any atom is 0.113 e. The Balaban J connectivity index is 2.76. The molecule has 0 saturated carbocycles. The lowest BCUT2D eigenvalue weighted by atomic mass is 9.70. The van der Waals surface area contributed by atoms with E-state index in [-0.39, 0.29) is 10.8 Å². The van der Waals surface area contributed by atoms with E-state index in [0.29, 0.717) is 0 Å². The second-order valence-corrected chi connectivity index (χ2v) is 4.94. The summed E-state index contributed by atoms with van der Waals surface area (Å²) in [6.45, 7) is 9.49. The maximum atomic E-state index is 13.7. The molecule has 0 aromatic carbocycles. The highest BCUT2D eigenvalue weighted by molar-refractivity contribution is 4.96. The van der Waals surface area contributed by atoms with Crippen molar-refractivity contribution in [1.29, 1.82) is 0 Å². The third kappa shape index (κ3) is 1.56. The molecule has 1 heterocycles. The van der Waals surface area contributed by atoms with E-state index in [1.165, 1.54) is 0 Å². The molecule has 0 spiro atoms. The van der Waals surface area contributed by atoms with Crippen molar-refractivity contribution in [2.45, 2.75) is 33.9 Å². The van der Waals surface area contributed by atoms with Gasteiger partial charge in [0.05, 0.1) is 0 Å². The highest BCUT2D eigenvalue weighted by Gasteiger charge is 2.44. The zero-order valence-electron chi connectivity index (χ0n) is 7.87. The van der Waals surface area contributed by atoms with E-state index in [0.717, 1.165) is 13.1 Å². The minimum Gasteiger partial charge on any atom is -0.315 e. The average molecular weight is 159 g/mol. The Kier molecular flexibility index (Phi) is 1.99. The van der Waals surface area contributed by atoms with Gasteiger partial charge in [-0.25, -0.2) is 4.39 Å². The standard InChI is InChI=1S/C9H18FN/c1-8(2)5-11-6-9(3,4)7(8)10/h7,11H,5-6H2,1-4H3. The Labute approximate surface area is 68.4 Å². The lowest BCUT2D eigenvalue weighted by Gasteiger charge is -2.44. The van der Waals surface area contributed by atoms with Gasteiger partial charge in [0.2, 0.25) is 0 Å². The fourth-order valence-electron chi connectivity index (χ4n) is 1.94. The predicted octanol–water partition coefficient (Wildman–Crippen LogP) is 1.98. The summed E-state index contributed by atoms with van der Waals surface area (Å²) in [5, 5.41) is 3.26. The van der Waals surface area contributed by atoms with Crippen LogP contribution in [0.3, 0.4) is 0 Å². The number of alkyl halides is 1. The Morgan fingerprint density at radius 2 is 1.45 bits per heavy atom. The first kappa shape index (κ1) is 8.98. The second-order valence-electron chi connectivity index (χ2n) is 4.94. The lowest BCUT2D eigenvalue weighted by molar-refractivity contribution is -0.000638. The topological polar surface area (TPSA) is 12.0 Å². The Morgan fingerprint density at radius 3 is 1.73 bits per heavy atom. The Hall–Kier alpha value is -0.110. The molecule has 11 heavy (non-hydrogen) atoms. The Bertz CT molecular complexity index is 136. The van der Waals surface area contributed by atoms with E-state index in [4.69, 9.17) is 0 Å². The molecular weight excluding hydrogens is 141 g/mol. The van der Waals surface area contributed by atoms with Gasteiger partial charge in [0, 0.05) is 23.9 Å². The highest BCUT2D eigenvalue weighted by atomic mass is 19.1. The maximum absolute atomic E-state index is 13.7. The molecule has 0 aliphatic carbocycles. The van der Waals surface area contributed by atoms with E-state index in [2.05, 4.69) is 5.32 Å². The summed E-state index contributed by atoms with van der Waals surface area (Å²) in [7, 11) is 0. The molecule has 0 bridgehead atoms. The van der Waals surface area contributed by atoms with E-state index in [1.807, 2.05) is 27.7 Å². The molecule has 1 fully saturated rings. The van der Waals surface area contributed by atoms with Crippen molar-refractivity contribution < 1.29 is 4.39 Å². The normalized spacial score (nSPS) is 30.3. The van der Waals surface area contributed by atoms with Crippen LogP contribution in [0.15, 0.2) is 0 Å². The van der Waals surface area contributed by atoms with Crippen molar-refractivity contribution in [3.05, 3.63) is 0 Å². The van der Waals surface area contributed by atoms with Gasteiger partial charge in [-0.2, -0.15) is 0 Å². The third-order valence-electron chi connectivity index (χ3n) is 2.53. The van der Waals surface area contributed by atoms with Crippen LogP contribution < -0.4 is 5.32 Å². The molecule has 0 aromatic rings. The van der Waals surface area contributed by atoms with Crippen LogP contribution in [0.4, 0.5) is 4.39 Å². The first-order chi connectivity index (χ1) is 4.86. The van der Waals surface area contributed by atoms with E-state index < -0.39 is 6.17 Å². The van der Waals surface area contributed by atoms with E-state index in [1.54, 1.807) is 0 Å². The number of nitrogens with one attached hydrogen (secondary N) is 1. The van der Waals surface area contributed by atoms with Gasteiger partial charge in [0.1, 0.15) is 6.17 Å². The summed E-state index contributed by atoms with van der Waals surface area (Å²) in [5.74, 6) is 0. The SMILES string of the molecule is CC1(C)CNCC(C)(C)C1F. The summed E-state index contributed by atoms with van der Waals surface area (Å²) in [4.78, 5) is 0. The van der Waals surface area contributed by atoms with Crippen molar-refractivity contribution in [2.24, 2.45) is 10.8 Å². The molecule has 1 nitrogen and oxygen atoms in total. The van der Waals surface area contributed by atoms with Gasteiger partial charge in [0.15, 0.2) is 0 Å². The van der Waals surface area contributed by atoms with E-state index >= 15 is 0 Å². The van der Waals surface area contributed by atoms with Gasteiger partial charge in [-0.15, -0.1) is 0 Å². The first-order valence-corrected chi connectivity index (χ1v) is 4.21. The smallest absolute Gasteiger partial charge is 0.113 e. The summed E-state index contributed by atoms with van der Waals surface area (Å²) in [5.41, 5.74) is -0.413. The zero-order chi connectivity index (χ0) is 8.70. The van der Waals surface area contributed by atoms with Crippen LogP contribution in [0.1, 0.15) is 27.7 Å². The summed E-state index contributed by atoms with van der Waals surface area (Å²) in [6, 6.07) is 0. The van der Waals surface area contributed by atoms with Crippen molar-refractivity contribution >= 4 is 0 Å². The van der Waals surface area contributed by atoms with Gasteiger partial charge in [-0.05, 0) is 0 Å². The van der Waals surface area contributed by atoms with Crippen LogP contribution in [0.5, 0.6) is 0 Å². The molecule has 0 atom stereocenters. The molecule has 1 aliphatic rings. The second kappa shape index (κ2) is 2.44. The van der Waals surface area contributed by atoms with Gasteiger partial charge in [0.25, 0.3) is 0 Å². The minimum absolute atomic E-state index is 0.207. The number of halogens is 1. The minimum atomic E-state index is -0.698. The summed E-state index contributed by atoms with van der Waals surface area (Å²) in [6.07, 6.45) is -0.698. The van der Waals surface area contributed by atoms with Crippen LogP contribution in [-0.4, -0.2) is 19.3 Å². The van der Waals surface area contributed by atoms with Crippen molar-refractivity contribution in [2.75, 3.05) is 13.1 Å². The van der Waals surface area contributed by atoms with Crippen LogP contribution >= 0.6 is 0 Å².